The second-order valence-corrected chi connectivity index (χ2v) is 9.27. The Bertz CT molecular complexity index is 1150. The molecule has 1 unspecified atom stereocenters. The molecule has 0 fully saturated rings. The van der Waals surface area contributed by atoms with Crippen molar-refractivity contribution in [2.45, 2.75) is 32.7 Å². The highest BCUT2D eigenvalue weighted by Gasteiger charge is 2.30. The fraction of sp³-hybridized carbons (Fsp3) is 0.348. The van der Waals surface area contributed by atoms with Crippen LogP contribution in [0, 0.1) is 5.92 Å². The molecule has 0 bridgehead atoms. The highest BCUT2D eigenvalue weighted by atomic mass is 35.5. The Morgan fingerprint density at radius 2 is 1.93 bits per heavy atom. The van der Waals surface area contributed by atoms with Gasteiger partial charge in [-0.2, -0.15) is 0 Å². The molecule has 1 atom stereocenters. The Kier molecular flexibility index (Phi) is 5.71. The number of hydrogen-bond donors (Lipinski definition) is 2. The second kappa shape index (κ2) is 8.14. The van der Waals surface area contributed by atoms with Gasteiger partial charge in [-0.05, 0) is 54.3 Å². The van der Waals surface area contributed by atoms with Crippen molar-refractivity contribution in [1.82, 2.24) is 14.5 Å². The van der Waals surface area contributed by atoms with Crippen LogP contribution in [0.1, 0.15) is 42.1 Å². The minimum absolute atomic E-state index is 0.0327. The topological polar surface area (TPSA) is 61.3 Å². The molecule has 0 saturated heterocycles. The lowest BCUT2D eigenvalue weighted by atomic mass is 9.84. The van der Waals surface area contributed by atoms with Crippen molar-refractivity contribution in [2.75, 3.05) is 13.6 Å². The predicted octanol–water partition coefficient (Wildman–Crippen LogP) is 4.95. The molecule has 4 rings (SSSR count). The van der Waals surface area contributed by atoms with Crippen LogP contribution in [-0.4, -0.2) is 33.1 Å². The van der Waals surface area contributed by atoms with Crippen LogP contribution < -0.4 is 5.69 Å². The Morgan fingerprint density at radius 3 is 2.67 bits per heavy atom. The monoisotopic (exact) mass is 445 g/mol. The lowest BCUT2D eigenvalue weighted by molar-refractivity contribution is 0.295. The number of aromatic amines is 1. The minimum atomic E-state index is -0.343. The number of hydrogen-bond acceptors (Lipinski definition) is 3. The van der Waals surface area contributed by atoms with Gasteiger partial charge < -0.3 is 15.0 Å². The number of H-pyrrole nitrogens is 1. The molecule has 2 heterocycles. The second-order valence-electron chi connectivity index (χ2n) is 8.43. The summed E-state index contributed by atoms with van der Waals surface area (Å²) in [6.45, 7) is 5.58. The highest BCUT2D eigenvalue weighted by Crippen LogP contribution is 2.40. The van der Waals surface area contributed by atoms with Gasteiger partial charge in [-0.3, -0.25) is 0 Å². The molecule has 0 spiro atoms. The van der Waals surface area contributed by atoms with E-state index in [2.05, 4.69) is 9.88 Å². The SMILES string of the molecule is CC(C)Cc1[nH]c(=O)n(-c2ccccc2C2CN(C)Cc3c(Cl)cc(Cl)cc32)c1O. The van der Waals surface area contributed by atoms with Crippen LogP contribution >= 0.6 is 23.2 Å². The third kappa shape index (κ3) is 3.78. The van der Waals surface area contributed by atoms with Crippen LogP contribution in [0.4, 0.5) is 0 Å². The lowest BCUT2D eigenvalue weighted by Gasteiger charge is -2.34. The molecule has 158 valence electrons. The summed E-state index contributed by atoms with van der Waals surface area (Å²) < 4.78 is 1.37. The average molecular weight is 446 g/mol. The van der Waals surface area contributed by atoms with E-state index in [1.165, 1.54) is 4.57 Å². The summed E-state index contributed by atoms with van der Waals surface area (Å²) in [7, 11) is 2.05. The van der Waals surface area contributed by atoms with Gasteiger partial charge in [0.15, 0.2) is 0 Å². The summed E-state index contributed by atoms with van der Waals surface area (Å²) in [5, 5.41) is 12.1. The molecule has 0 saturated carbocycles. The molecule has 1 aromatic heterocycles. The van der Waals surface area contributed by atoms with Gasteiger partial charge in [-0.15, -0.1) is 0 Å². The first-order chi connectivity index (χ1) is 14.3. The summed E-state index contributed by atoms with van der Waals surface area (Å²) >= 11 is 12.8. The van der Waals surface area contributed by atoms with Crippen LogP contribution in [0.2, 0.25) is 10.0 Å². The van der Waals surface area contributed by atoms with Gasteiger partial charge >= 0.3 is 5.69 Å². The van der Waals surface area contributed by atoms with Crippen molar-refractivity contribution >= 4 is 23.2 Å². The number of halogens is 2. The first-order valence-electron chi connectivity index (χ1n) is 10.0. The molecule has 1 aliphatic rings. The van der Waals surface area contributed by atoms with E-state index in [4.69, 9.17) is 23.2 Å². The molecule has 2 N–H and O–H groups in total. The number of para-hydroxylation sites is 1. The van der Waals surface area contributed by atoms with Crippen LogP contribution in [0.25, 0.3) is 5.69 Å². The van der Waals surface area contributed by atoms with Gasteiger partial charge in [0, 0.05) is 29.1 Å². The zero-order chi connectivity index (χ0) is 21.6. The van der Waals surface area contributed by atoms with Crippen molar-refractivity contribution in [3.05, 3.63) is 79.3 Å². The van der Waals surface area contributed by atoms with Crippen molar-refractivity contribution in [1.29, 1.82) is 0 Å². The molecule has 0 amide bonds. The van der Waals surface area contributed by atoms with E-state index >= 15 is 0 Å². The van der Waals surface area contributed by atoms with Gasteiger partial charge in [0.1, 0.15) is 0 Å². The summed E-state index contributed by atoms with van der Waals surface area (Å²) in [4.78, 5) is 17.8. The standard InChI is InChI=1S/C23H25Cl2N3O2/c1-13(2)8-20-22(29)28(23(30)26-20)21-7-5-4-6-15(21)17-11-27(3)12-18-16(17)9-14(24)10-19(18)25/h4-7,9-10,13,17,29H,8,11-12H2,1-3H3,(H,26,30). The predicted molar refractivity (Wildman–Crippen MR) is 121 cm³/mol. The van der Waals surface area contributed by atoms with Crippen LogP contribution in [-0.2, 0) is 13.0 Å². The van der Waals surface area contributed by atoms with E-state index in [0.717, 1.165) is 29.8 Å². The van der Waals surface area contributed by atoms with E-state index in [9.17, 15) is 9.90 Å². The fourth-order valence-electron chi connectivity index (χ4n) is 4.34. The normalized spacial score (nSPS) is 16.8. The number of nitrogens with zero attached hydrogens (tertiary/aromatic N) is 2. The van der Waals surface area contributed by atoms with Gasteiger partial charge in [-0.1, -0.05) is 55.2 Å². The first-order valence-corrected chi connectivity index (χ1v) is 10.8. The van der Waals surface area contributed by atoms with E-state index in [0.29, 0.717) is 33.8 Å². The molecule has 3 aromatic rings. The number of aromatic hydroxyl groups is 1. The van der Waals surface area contributed by atoms with Gasteiger partial charge in [0.05, 0.1) is 11.4 Å². The summed E-state index contributed by atoms with van der Waals surface area (Å²) in [5.41, 5.74) is 3.91. The minimum Gasteiger partial charge on any atom is -0.493 e. The van der Waals surface area contributed by atoms with Gasteiger partial charge in [0.25, 0.3) is 0 Å². The van der Waals surface area contributed by atoms with Crippen molar-refractivity contribution in [3.63, 3.8) is 0 Å². The quantitative estimate of drug-likeness (QED) is 0.596. The highest BCUT2D eigenvalue weighted by molar-refractivity contribution is 6.35. The van der Waals surface area contributed by atoms with Crippen molar-refractivity contribution in [3.8, 4) is 11.6 Å². The number of nitrogens with one attached hydrogen (secondary N) is 1. The number of aromatic nitrogens is 2. The molecular weight excluding hydrogens is 421 g/mol. The Morgan fingerprint density at radius 1 is 1.20 bits per heavy atom. The number of fused-ring (bicyclic) bond motifs is 1. The molecular formula is C23H25Cl2N3O2. The first kappa shape index (κ1) is 21.0. The van der Waals surface area contributed by atoms with Crippen LogP contribution in [0.15, 0.2) is 41.2 Å². The maximum atomic E-state index is 12.8. The van der Waals surface area contributed by atoms with Gasteiger partial charge in [-0.25, -0.2) is 9.36 Å². The zero-order valence-electron chi connectivity index (χ0n) is 17.2. The van der Waals surface area contributed by atoms with E-state index in [-0.39, 0.29) is 17.5 Å². The van der Waals surface area contributed by atoms with E-state index < -0.39 is 0 Å². The Labute approximate surface area is 185 Å². The van der Waals surface area contributed by atoms with Crippen molar-refractivity contribution < 1.29 is 5.11 Å². The van der Waals surface area contributed by atoms with E-state index in [1.54, 1.807) is 6.07 Å². The summed E-state index contributed by atoms with van der Waals surface area (Å²) in [5.74, 6) is 0.233. The molecule has 30 heavy (non-hydrogen) atoms. The summed E-state index contributed by atoms with van der Waals surface area (Å²) in [6, 6.07) is 11.4. The zero-order valence-corrected chi connectivity index (χ0v) is 18.8. The number of likely N-dealkylation sites (N-methyl/N-ethyl adjacent to an activating group) is 1. The third-order valence-corrected chi connectivity index (χ3v) is 6.16. The number of imidazole rings is 1. The molecule has 5 nitrogen and oxygen atoms in total. The van der Waals surface area contributed by atoms with Crippen LogP contribution in [0.3, 0.4) is 0 Å². The maximum Gasteiger partial charge on any atom is 0.333 e. The smallest absolute Gasteiger partial charge is 0.333 e. The molecule has 2 aromatic carbocycles. The average Bonchev–Trinajstić information content (AvgIpc) is 2.94. The molecule has 0 aliphatic carbocycles. The Hall–Kier alpha value is -2.21. The Balaban J connectivity index is 1.90. The largest absolute Gasteiger partial charge is 0.493 e. The number of benzene rings is 2. The molecule has 7 heteroatoms. The van der Waals surface area contributed by atoms with Crippen molar-refractivity contribution in [2.24, 2.45) is 5.92 Å². The van der Waals surface area contributed by atoms with E-state index in [1.807, 2.05) is 51.2 Å². The van der Waals surface area contributed by atoms with Gasteiger partial charge in [0.2, 0.25) is 5.88 Å². The number of rotatable bonds is 4. The summed E-state index contributed by atoms with van der Waals surface area (Å²) in [6.07, 6.45) is 0.594. The van der Waals surface area contributed by atoms with Crippen LogP contribution in [0.5, 0.6) is 5.88 Å². The molecule has 0 radical (unpaired) electrons. The fourth-order valence-corrected chi connectivity index (χ4v) is 4.91. The maximum absolute atomic E-state index is 12.8. The molecule has 1 aliphatic heterocycles. The third-order valence-electron chi connectivity index (χ3n) is 5.60. The lowest BCUT2D eigenvalue weighted by Crippen LogP contribution is -2.32.